The fourth-order valence-corrected chi connectivity index (χ4v) is 1.90. The van der Waals surface area contributed by atoms with Crippen molar-refractivity contribution in [2.75, 3.05) is 11.9 Å². The first-order valence-electron chi connectivity index (χ1n) is 5.80. The number of halogens is 1. The van der Waals surface area contributed by atoms with Crippen LogP contribution in [0.2, 0.25) is 5.28 Å². The Bertz CT molecular complexity index is 508. The van der Waals surface area contributed by atoms with E-state index in [1.165, 1.54) is 12.8 Å². The third-order valence-corrected chi connectivity index (χ3v) is 2.79. The fourth-order valence-electron chi connectivity index (χ4n) is 1.74. The van der Waals surface area contributed by atoms with Crippen molar-refractivity contribution in [1.29, 1.82) is 0 Å². The van der Waals surface area contributed by atoms with E-state index in [4.69, 9.17) is 11.6 Å². The van der Waals surface area contributed by atoms with Crippen molar-refractivity contribution in [2.45, 2.75) is 26.2 Å². The van der Waals surface area contributed by atoms with Crippen LogP contribution in [-0.2, 0) is 7.05 Å². The number of imidazole rings is 1. The third kappa shape index (κ3) is 2.66. The molecular weight excluding hydrogens is 238 g/mol. The SMILES string of the molecule is CCCCCNc1nc(Cl)nc2ncn(C)c12. The van der Waals surface area contributed by atoms with Gasteiger partial charge in [-0.25, -0.2) is 4.98 Å². The molecule has 0 bridgehead atoms. The Balaban J connectivity index is 2.22. The summed E-state index contributed by atoms with van der Waals surface area (Å²) in [5.74, 6) is 0.760. The summed E-state index contributed by atoms with van der Waals surface area (Å²) < 4.78 is 1.90. The summed E-state index contributed by atoms with van der Waals surface area (Å²) in [4.78, 5) is 12.5. The van der Waals surface area contributed by atoms with Crippen molar-refractivity contribution in [3.63, 3.8) is 0 Å². The molecule has 17 heavy (non-hydrogen) atoms. The molecule has 0 aliphatic heterocycles. The number of anilines is 1. The monoisotopic (exact) mass is 253 g/mol. The van der Waals surface area contributed by atoms with Crippen LogP contribution in [0.1, 0.15) is 26.2 Å². The molecule has 0 fully saturated rings. The molecule has 0 amide bonds. The Labute approximate surface area is 105 Å². The summed E-state index contributed by atoms with van der Waals surface area (Å²) in [6.45, 7) is 3.07. The number of hydrogen-bond acceptors (Lipinski definition) is 4. The molecule has 2 rings (SSSR count). The lowest BCUT2D eigenvalue weighted by Crippen LogP contribution is -2.06. The maximum atomic E-state index is 5.86. The van der Waals surface area contributed by atoms with Gasteiger partial charge in [0.25, 0.3) is 0 Å². The zero-order valence-corrected chi connectivity index (χ0v) is 10.8. The Morgan fingerprint density at radius 1 is 1.35 bits per heavy atom. The number of hydrogen-bond donors (Lipinski definition) is 1. The second kappa shape index (κ2) is 5.31. The van der Waals surface area contributed by atoms with E-state index in [2.05, 4.69) is 27.2 Å². The molecule has 0 atom stereocenters. The van der Waals surface area contributed by atoms with Crippen molar-refractivity contribution in [3.8, 4) is 0 Å². The number of rotatable bonds is 5. The van der Waals surface area contributed by atoms with E-state index in [9.17, 15) is 0 Å². The van der Waals surface area contributed by atoms with Gasteiger partial charge in [-0.1, -0.05) is 19.8 Å². The van der Waals surface area contributed by atoms with Crippen LogP contribution < -0.4 is 5.32 Å². The first-order valence-corrected chi connectivity index (χ1v) is 6.18. The molecule has 0 radical (unpaired) electrons. The van der Waals surface area contributed by atoms with Crippen LogP contribution in [0.25, 0.3) is 11.2 Å². The van der Waals surface area contributed by atoms with Crippen LogP contribution >= 0.6 is 11.6 Å². The number of nitrogens with zero attached hydrogens (tertiary/aromatic N) is 4. The Kier molecular flexibility index (Phi) is 3.78. The van der Waals surface area contributed by atoms with Gasteiger partial charge in [-0.3, -0.25) is 0 Å². The van der Waals surface area contributed by atoms with Crippen LogP contribution in [0.5, 0.6) is 0 Å². The lowest BCUT2D eigenvalue weighted by atomic mass is 10.2. The van der Waals surface area contributed by atoms with Crippen molar-refractivity contribution in [3.05, 3.63) is 11.6 Å². The van der Waals surface area contributed by atoms with E-state index in [0.717, 1.165) is 24.3 Å². The van der Waals surface area contributed by atoms with Gasteiger partial charge in [-0.05, 0) is 18.0 Å². The molecule has 0 aliphatic carbocycles. The number of unbranched alkanes of at least 4 members (excludes halogenated alkanes) is 2. The fraction of sp³-hybridized carbons (Fsp3) is 0.545. The maximum Gasteiger partial charge on any atom is 0.226 e. The predicted octanol–water partition coefficient (Wildman–Crippen LogP) is 2.62. The van der Waals surface area contributed by atoms with Crippen LogP contribution in [0.15, 0.2) is 6.33 Å². The standard InChI is InChI=1S/C11H16ClN5/c1-3-4-5-6-13-9-8-10(14-7-17(8)2)16-11(12)15-9/h7H,3-6H2,1-2H3,(H,13,15,16). The predicted molar refractivity (Wildman–Crippen MR) is 69.3 cm³/mol. The normalized spacial score (nSPS) is 11.0. The van der Waals surface area contributed by atoms with Crippen LogP contribution in [0, 0.1) is 0 Å². The smallest absolute Gasteiger partial charge is 0.226 e. The van der Waals surface area contributed by atoms with E-state index < -0.39 is 0 Å². The Morgan fingerprint density at radius 3 is 2.94 bits per heavy atom. The van der Waals surface area contributed by atoms with Gasteiger partial charge in [0.15, 0.2) is 11.5 Å². The van der Waals surface area contributed by atoms with Crippen molar-refractivity contribution < 1.29 is 0 Å². The molecule has 2 aromatic rings. The largest absolute Gasteiger partial charge is 0.368 e. The lowest BCUT2D eigenvalue weighted by Gasteiger charge is -2.07. The highest BCUT2D eigenvalue weighted by Gasteiger charge is 2.10. The van der Waals surface area contributed by atoms with E-state index in [-0.39, 0.29) is 5.28 Å². The second-order valence-corrected chi connectivity index (χ2v) is 4.34. The Morgan fingerprint density at radius 2 is 2.18 bits per heavy atom. The van der Waals surface area contributed by atoms with Gasteiger partial charge in [0, 0.05) is 13.6 Å². The second-order valence-electron chi connectivity index (χ2n) is 4.00. The summed E-state index contributed by atoms with van der Waals surface area (Å²) >= 11 is 5.86. The highest BCUT2D eigenvalue weighted by Crippen LogP contribution is 2.20. The molecule has 92 valence electrons. The molecular formula is C11H16ClN5. The minimum atomic E-state index is 0.231. The van der Waals surface area contributed by atoms with Gasteiger partial charge >= 0.3 is 0 Å². The van der Waals surface area contributed by atoms with Crippen LogP contribution in [0.3, 0.4) is 0 Å². The van der Waals surface area contributed by atoms with E-state index >= 15 is 0 Å². The molecule has 5 nitrogen and oxygen atoms in total. The molecule has 0 aromatic carbocycles. The highest BCUT2D eigenvalue weighted by atomic mass is 35.5. The quantitative estimate of drug-likeness (QED) is 0.657. The van der Waals surface area contributed by atoms with Crippen LogP contribution in [0.4, 0.5) is 5.82 Å². The number of aryl methyl sites for hydroxylation is 1. The third-order valence-electron chi connectivity index (χ3n) is 2.62. The lowest BCUT2D eigenvalue weighted by molar-refractivity contribution is 0.742. The zero-order chi connectivity index (χ0) is 12.3. The van der Waals surface area contributed by atoms with Gasteiger partial charge in [-0.15, -0.1) is 0 Å². The van der Waals surface area contributed by atoms with Gasteiger partial charge in [-0.2, -0.15) is 9.97 Å². The maximum absolute atomic E-state index is 5.86. The van der Waals surface area contributed by atoms with Crippen LogP contribution in [-0.4, -0.2) is 26.1 Å². The van der Waals surface area contributed by atoms with Crippen molar-refractivity contribution in [1.82, 2.24) is 19.5 Å². The average molecular weight is 254 g/mol. The minimum Gasteiger partial charge on any atom is -0.368 e. The van der Waals surface area contributed by atoms with E-state index in [1.807, 2.05) is 11.6 Å². The molecule has 2 heterocycles. The summed E-state index contributed by atoms with van der Waals surface area (Å²) in [5, 5.41) is 3.52. The van der Waals surface area contributed by atoms with Gasteiger partial charge < -0.3 is 9.88 Å². The number of aromatic nitrogens is 4. The molecule has 0 aliphatic rings. The molecule has 0 saturated heterocycles. The zero-order valence-electron chi connectivity index (χ0n) is 10.1. The van der Waals surface area contributed by atoms with Crippen molar-refractivity contribution >= 4 is 28.6 Å². The molecule has 0 spiro atoms. The topological polar surface area (TPSA) is 55.6 Å². The number of fused-ring (bicyclic) bond motifs is 1. The first kappa shape index (κ1) is 12.1. The first-order chi connectivity index (χ1) is 8.22. The molecule has 1 N–H and O–H groups in total. The van der Waals surface area contributed by atoms with Gasteiger partial charge in [0.2, 0.25) is 5.28 Å². The van der Waals surface area contributed by atoms with Gasteiger partial charge in [0.05, 0.1) is 6.33 Å². The van der Waals surface area contributed by atoms with E-state index in [1.54, 1.807) is 6.33 Å². The highest BCUT2D eigenvalue weighted by molar-refractivity contribution is 6.28. The van der Waals surface area contributed by atoms with Gasteiger partial charge in [0.1, 0.15) is 5.52 Å². The average Bonchev–Trinajstić information content (AvgIpc) is 2.66. The molecule has 6 heteroatoms. The molecule has 2 aromatic heterocycles. The Hall–Kier alpha value is -1.36. The summed E-state index contributed by atoms with van der Waals surface area (Å²) in [6.07, 6.45) is 5.25. The summed E-state index contributed by atoms with van der Waals surface area (Å²) in [6, 6.07) is 0. The molecule has 0 unspecified atom stereocenters. The number of nitrogens with one attached hydrogen (secondary N) is 1. The summed E-state index contributed by atoms with van der Waals surface area (Å²) in [7, 11) is 1.92. The summed E-state index contributed by atoms with van der Waals surface area (Å²) in [5.41, 5.74) is 1.52. The molecule has 0 saturated carbocycles. The minimum absolute atomic E-state index is 0.231. The van der Waals surface area contributed by atoms with Crippen molar-refractivity contribution in [2.24, 2.45) is 7.05 Å². The van der Waals surface area contributed by atoms with E-state index in [0.29, 0.717) is 5.65 Å².